The van der Waals surface area contributed by atoms with Crippen LogP contribution in [-0.2, 0) is 0 Å². The number of halogens is 2. The fourth-order valence-corrected chi connectivity index (χ4v) is 1.65. The van der Waals surface area contributed by atoms with Crippen molar-refractivity contribution in [2.24, 2.45) is 0 Å². The lowest BCUT2D eigenvalue weighted by atomic mass is 10.2. The summed E-state index contributed by atoms with van der Waals surface area (Å²) in [6.07, 6.45) is 0. The molecule has 0 N–H and O–H groups in total. The quantitative estimate of drug-likeness (QED) is 0.615. The largest absolute Gasteiger partial charge is 0.453 e. The zero-order chi connectivity index (χ0) is 14.0. The van der Waals surface area contributed by atoms with Crippen LogP contribution in [0.15, 0.2) is 36.4 Å². The van der Waals surface area contributed by atoms with E-state index in [4.69, 9.17) is 16.3 Å². The summed E-state index contributed by atoms with van der Waals surface area (Å²) in [7, 11) is 0. The molecule has 0 aliphatic heterocycles. The Morgan fingerprint density at radius 3 is 2.58 bits per heavy atom. The molecular formula is C13H9ClFNO3. The van der Waals surface area contributed by atoms with Crippen LogP contribution in [0.2, 0.25) is 5.02 Å². The van der Waals surface area contributed by atoms with Crippen LogP contribution in [0.4, 0.5) is 10.1 Å². The van der Waals surface area contributed by atoms with Crippen LogP contribution in [0, 0.1) is 22.9 Å². The van der Waals surface area contributed by atoms with Crippen molar-refractivity contribution in [3.8, 4) is 11.5 Å². The maximum absolute atomic E-state index is 13.7. The predicted octanol–water partition coefficient (Wildman–Crippen LogP) is 4.49. The molecule has 2 aromatic rings. The van der Waals surface area contributed by atoms with E-state index in [0.717, 1.165) is 11.6 Å². The molecule has 0 radical (unpaired) electrons. The molecule has 0 spiro atoms. The standard InChI is InChI=1S/C13H9ClFNO3/c1-8-2-4-10(14)13(6-8)19-12-5-3-9(16(17)18)7-11(12)15/h2-7H,1H3. The lowest BCUT2D eigenvalue weighted by Gasteiger charge is -2.09. The number of non-ortho nitro benzene ring substituents is 1. The van der Waals surface area contributed by atoms with Gasteiger partial charge in [-0.25, -0.2) is 4.39 Å². The van der Waals surface area contributed by atoms with Crippen LogP contribution in [-0.4, -0.2) is 4.92 Å². The highest BCUT2D eigenvalue weighted by Gasteiger charge is 2.13. The first kappa shape index (κ1) is 13.3. The minimum atomic E-state index is -0.813. The Kier molecular flexibility index (Phi) is 3.66. The SMILES string of the molecule is Cc1ccc(Cl)c(Oc2ccc([N+](=O)[O-])cc2F)c1. The molecular weight excluding hydrogens is 273 g/mol. The molecule has 0 unspecified atom stereocenters. The summed E-state index contributed by atoms with van der Waals surface area (Å²) in [5.74, 6) is -0.626. The van der Waals surface area contributed by atoms with Crippen molar-refractivity contribution >= 4 is 17.3 Å². The van der Waals surface area contributed by atoms with E-state index in [2.05, 4.69) is 0 Å². The number of rotatable bonds is 3. The molecule has 0 saturated heterocycles. The Labute approximate surface area is 113 Å². The monoisotopic (exact) mass is 281 g/mol. The van der Waals surface area contributed by atoms with Crippen molar-refractivity contribution in [1.82, 2.24) is 0 Å². The van der Waals surface area contributed by atoms with Gasteiger partial charge in [0.25, 0.3) is 5.69 Å². The second-order valence-corrected chi connectivity index (χ2v) is 4.31. The summed E-state index contributed by atoms with van der Waals surface area (Å²) in [4.78, 5) is 9.82. The first-order valence-electron chi connectivity index (χ1n) is 5.35. The average molecular weight is 282 g/mol. The van der Waals surface area contributed by atoms with Crippen LogP contribution < -0.4 is 4.74 Å². The van der Waals surface area contributed by atoms with Gasteiger partial charge in [0.15, 0.2) is 11.6 Å². The van der Waals surface area contributed by atoms with Crippen LogP contribution in [0.25, 0.3) is 0 Å². The van der Waals surface area contributed by atoms with Gasteiger partial charge in [0, 0.05) is 6.07 Å². The Morgan fingerprint density at radius 2 is 1.95 bits per heavy atom. The molecule has 0 atom stereocenters. The first-order chi connectivity index (χ1) is 8.97. The topological polar surface area (TPSA) is 52.4 Å². The van der Waals surface area contributed by atoms with Crippen molar-refractivity contribution in [2.45, 2.75) is 6.92 Å². The zero-order valence-corrected chi connectivity index (χ0v) is 10.6. The van der Waals surface area contributed by atoms with Crippen molar-refractivity contribution in [3.63, 3.8) is 0 Å². The van der Waals surface area contributed by atoms with Gasteiger partial charge >= 0.3 is 0 Å². The number of nitro groups is 1. The number of hydrogen-bond donors (Lipinski definition) is 0. The zero-order valence-electron chi connectivity index (χ0n) is 9.89. The summed E-state index contributed by atoms with van der Waals surface area (Å²) in [6.45, 7) is 1.84. The van der Waals surface area contributed by atoms with Gasteiger partial charge in [0.05, 0.1) is 16.0 Å². The molecule has 0 aromatic heterocycles. The second-order valence-electron chi connectivity index (χ2n) is 3.91. The van der Waals surface area contributed by atoms with Gasteiger partial charge in [-0.05, 0) is 30.7 Å². The van der Waals surface area contributed by atoms with Crippen molar-refractivity contribution in [2.75, 3.05) is 0 Å². The normalized spacial score (nSPS) is 10.3. The summed E-state index contributed by atoms with van der Waals surface area (Å²) in [5.41, 5.74) is 0.571. The molecule has 98 valence electrons. The third-order valence-electron chi connectivity index (χ3n) is 2.43. The van der Waals surface area contributed by atoms with E-state index in [1.807, 2.05) is 6.92 Å². The van der Waals surface area contributed by atoms with E-state index < -0.39 is 10.7 Å². The van der Waals surface area contributed by atoms with E-state index in [1.165, 1.54) is 12.1 Å². The van der Waals surface area contributed by atoms with E-state index in [9.17, 15) is 14.5 Å². The fraction of sp³-hybridized carbons (Fsp3) is 0.0769. The smallest absolute Gasteiger partial charge is 0.272 e. The second kappa shape index (κ2) is 5.24. The molecule has 0 heterocycles. The van der Waals surface area contributed by atoms with Gasteiger partial charge in [-0.1, -0.05) is 17.7 Å². The highest BCUT2D eigenvalue weighted by molar-refractivity contribution is 6.32. The molecule has 0 fully saturated rings. The van der Waals surface area contributed by atoms with Crippen LogP contribution in [0.1, 0.15) is 5.56 Å². The minimum Gasteiger partial charge on any atom is -0.453 e. The highest BCUT2D eigenvalue weighted by atomic mass is 35.5. The molecule has 0 amide bonds. The Balaban J connectivity index is 2.33. The predicted molar refractivity (Wildman–Crippen MR) is 69.3 cm³/mol. The number of ether oxygens (including phenoxy) is 1. The maximum Gasteiger partial charge on any atom is 0.272 e. The van der Waals surface area contributed by atoms with E-state index >= 15 is 0 Å². The number of benzene rings is 2. The minimum absolute atomic E-state index is 0.113. The third kappa shape index (κ3) is 3.00. The highest BCUT2D eigenvalue weighted by Crippen LogP contribution is 2.32. The molecule has 0 bridgehead atoms. The summed E-state index contributed by atoms with van der Waals surface area (Å²) in [6, 6.07) is 8.26. The van der Waals surface area contributed by atoms with Gasteiger partial charge < -0.3 is 4.74 Å². The first-order valence-corrected chi connectivity index (χ1v) is 5.73. The Bertz CT molecular complexity index is 646. The van der Waals surface area contributed by atoms with Crippen LogP contribution in [0.5, 0.6) is 11.5 Å². The van der Waals surface area contributed by atoms with Gasteiger partial charge in [0.1, 0.15) is 5.75 Å². The Morgan fingerprint density at radius 1 is 1.21 bits per heavy atom. The number of nitro benzene ring substituents is 1. The number of aryl methyl sites for hydroxylation is 1. The van der Waals surface area contributed by atoms with Gasteiger partial charge in [-0.2, -0.15) is 0 Å². The van der Waals surface area contributed by atoms with Gasteiger partial charge in [-0.15, -0.1) is 0 Å². The lowest BCUT2D eigenvalue weighted by molar-refractivity contribution is -0.385. The summed E-state index contributed by atoms with van der Waals surface area (Å²) in [5, 5.41) is 10.8. The van der Waals surface area contributed by atoms with E-state index in [0.29, 0.717) is 10.8 Å². The number of nitrogens with zero attached hydrogens (tertiary/aromatic N) is 1. The van der Waals surface area contributed by atoms with Crippen molar-refractivity contribution < 1.29 is 14.1 Å². The van der Waals surface area contributed by atoms with Crippen molar-refractivity contribution in [3.05, 3.63) is 62.9 Å². The third-order valence-corrected chi connectivity index (χ3v) is 2.75. The molecule has 19 heavy (non-hydrogen) atoms. The van der Waals surface area contributed by atoms with Crippen LogP contribution >= 0.6 is 11.6 Å². The summed E-state index contributed by atoms with van der Waals surface area (Å²) >= 11 is 5.92. The number of hydrogen-bond acceptors (Lipinski definition) is 3. The lowest BCUT2D eigenvalue weighted by Crippen LogP contribution is -1.93. The van der Waals surface area contributed by atoms with Crippen LogP contribution in [0.3, 0.4) is 0 Å². The van der Waals surface area contributed by atoms with Crippen molar-refractivity contribution in [1.29, 1.82) is 0 Å². The molecule has 2 rings (SSSR count). The molecule has 2 aromatic carbocycles. The molecule has 4 nitrogen and oxygen atoms in total. The van der Waals surface area contributed by atoms with E-state index in [-0.39, 0.29) is 11.4 Å². The molecule has 0 aliphatic carbocycles. The Hall–Kier alpha value is -2.14. The summed E-state index contributed by atoms with van der Waals surface area (Å²) < 4.78 is 19.0. The maximum atomic E-state index is 13.7. The van der Waals surface area contributed by atoms with Gasteiger partial charge in [-0.3, -0.25) is 10.1 Å². The molecule has 6 heteroatoms. The molecule has 0 aliphatic rings. The average Bonchev–Trinajstić information content (AvgIpc) is 2.36. The molecule has 0 saturated carbocycles. The van der Waals surface area contributed by atoms with E-state index in [1.54, 1.807) is 18.2 Å². The fourth-order valence-electron chi connectivity index (χ4n) is 1.49. The van der Waals surface area contributed by atoms with Gasteiger partial charge in [0.2, 0.25) is 0 Å².